The molecule has 14 N–H and O–H groups in total. The number of hydrazine groups is 2. The van der Waals surface area contributed by atoms with Gasteiger partial charge in [0.25, 0.3) is 0 Å². The van der Waals surface area contributed by atoms with Gasteiger partial charge in [-0.25, -0.2) is 10.2 Å². The van der Waals surface area contributed by atoms with Crippen molar-refractivity contribution in [3.05, 3.63) is 0 Å². The topological polar surface area (TPSA) is 314 Å². The Morgan fingerprint density at radius 1 is 0.773 bits per heavy atom. The van der Waals surface area contributed by atoms with Crippen molar-refractivity contribution in [3.63, 3.8) is 0 Å². The number of hydrogen-bond acceptors (Lipinski definition) is 10. The number of aromatic nitrogens is 8. The smallest absolute Gasteiger partial charge is 0.296 e. The SMILES string of the molecule is N(=Nc1nnn[n-]1)c1nnn[n-]1.N[NH+]=C(N)N.N[NH+]=C(N)N. The zero-order chi connectivity index (χ0) is 16.8. The van der Waals surface area contributed by atoms with Gasteiger partial charge < -0.3 is 0 Å². The molecule has 0 saturated carbocycles. The van der Waals surface area contributed by atoms with Gasteiger partial charge in [-0.15, -0.1) is 10.4 Å². The summed E-state index contributed by atoms with van der Waals surface area (Å²) in [5.74, 6) is 9.42. The fraction of sp³-hybridized carbons (Fsp3) is 0. The van der Waals surface area contributed by atoms with Gasteiger partial charge in [0, 0.05) is 0 Å². The van der Waals surface area contributed by atoms with Crippen LogP contribution in [0.2, 0.25) is 0 Å². The summed E-state index contributed by atoms with van der Waals surface area (Å²) in [6.45, 7) is 0. The summed E-state index contributed by atoms with van der Waals surface area (Å²) in [6.07, 6.45) is 0. The van der Waals surface area contributed by atoms with Gasteiger partial charge in [0.15, 0.2) is 0 Å². The monoisotopic (exact) mass is 314 g/mol. The molecule has 0 aliphatic carbocycles. The van der Waals surface area contributed by atoms with Gasteiger partial charge in [-0.2, -0.15) is 20.6 Å². The van der Waals surface area contributed by atoms with E-state index in [0.717, 1.165) is 0 Å². The highest BCUT2D eigenvalue weighted by atomic mass is 15.5. The first-order valence-electron chi connectivity index (χ1n) is 4.97. The fourth-order valence-corrected chi connectivity index (χ4v) is 0.449. The van der Waals surface area contributed by atoms with Crippen LogP contribution in [0.5, 0.6) is 0 Å². The van der Waals surface area contributed by atoms with Crippen LogP contribution in [-0.2, 0) is 0 Å². The van der Waals surface area contributed by atoms with E-state index in [0.29, 0.717) is 0 Å². The Hall–Kier alpha value is -4.12. The molecule has 2 aromatic heterocycles. The third-order valence-corrected chi connectivity index (χ3v) is 1.18. The van der Waals surface area contributed by atoms with Gasteiger partial charge in [-0.3, -0.25) is 55.0 Å². The van der Waals surface area contributed by atoms with Gasteiger partial charge in [-0.05, 0) is 0 Å². The van der Waals surface area contributed by atoms with Gasteiger partial charge in [0.2, 0.25) is 0 Å². The second kappa shape index (κ2) is 10.8. The van der Waals surface area contributed by atoms with E-state index in [2.05, 4.69) is 63.2 Å². The predicted molar refractivity (Wildman–Crippen MR) is 67.5 cm³/mol. The van der Waals surface area contributed by atoms with Gasteiger partial charge in [0.05, 0.1) is 0 Å². The van der Waals surface area contributed by atoms with E-state index in [9.17, 15) is 0 Å². The molecular weight excluding hydrogens is 300 g/mol. The molecule has 2 aromatic rings. The van der Waals surface area contributed by atoms with Crippen LogP contribution >= 0.6 is 0 Å². The predicted octanol–water partition coefficient (Wildman–Crippen LogP) is -9.19. The van der Waals surface area contributed by atoms with E-state index < -0.39 is 0 Å². The zero-order valence-electron chi connectivity index (χ0n) is 10.9. The Morgan fingerprint density at radius 3 is 1.27 bits per heavy atom. The third kappa shape index (κ3) is 9.86. The molecule has 0 amide bonds. The minimum Gasteiger partial charge on any atom is -0.296 e. The van der Waals surface area contributed by atoms with Crippen LogP contribution in [0.4, 0.5) is 11.9 Å². The second-order valence-electron chi connectivity index (χ2n) is 2.76. The number of hydrogen-bond donors (Lipinski definition) is 8. The van der Waals surface area contributed by atoms with Crippen molar-refractivity contribution < 1.29 is 10.2 Å². The molecule has 2 heterocycles. The maximum absolute atomic E-state index is 4.75. The van der Waals surface area contributed by atoms with Crippen molar-refractivity contribution in [2.24, 2.45) is 44.8 Å². The number of rotatable bonds is 2. The number of nitrogens with zero attached hydrogens (tertiary/aromatic N) is 10. The zero-order valence-corrected chi connectivity index (χ0v) is 10.9. The van der Waals surface area contributed by atoms with E-state index in [-0.39, 0.29) is 23.8 Å². The normalized spacial score (nSPS) is 8.91. The molecule has 18 heteroatoms. The Morgan fingerprint density at radius 2 is 1.09 bits per heavy atom. The standard InChI is InChI=1S/C2N10.2CH6N4/c3(1-5-9-10-6-1)4-2-7-11-12-8-2;2*2-1(3)5-4/h;2*4H2,(H4,2,3,5)/q-2;;/p+2. The van der Waals surface area contributed by atoms with Gasteiger partial charge in [-0.1, -0.05) is 0 Å². The number of nitrogens with two attached hydrogens (primary N) is 6. The molecule has 0 unspecified atom stereocenters. The van der Waals surface area contributed by atoms with Crippen LogP contribution in [0.15, 0.2) is 10.2 Å². The molecule has 22 heavy (non-hydrogen) atoms. The number of guanidine groups is 2. The van der Waals surface area contributed by atoms with E-state index in [1.165, 1.54) is 0 Å². The first kappa shape index (κ1) is 17.9. The van der Waals surface area contributed by atoms with Crippen molar-refractivity contribution in [2.75, 3.05) is 0 Å². The summed E-state index contributed by atoms with van der Waals surface area (Å²) in [6, 6.07) is 0. The Bertz CT molecular complexity index is 498. The largest absolute Gasteiger partial charge is 0.360 e. The summed E-state index contributed by atoms with van der Waals surface area (Å²) in [7, 11) is 0. The molecule has 0 aromatic carbocycles. The second-order valence-corrected chi connectivity index (χ2v) is 2.76. The van der Waals surface area contributed by atoms with Crippen LogP contribution in [0.3, 0.4) is 0 Å². The maximum atomic E-state index is 4.75. The van der Waals surface area contributed by atoms with Crippen LogP contribution in [-0.4, -0.2) is 43.0 Å². The molecule has 0 fully saturated rings. The van der Waals surface area contributed by atoms with Gasteiger partial charge in [0.1, 0.15) is 11.9 Å². The summed E-state index contributed by atoms with van der Waals surface area (Å²) in [5.41, 5.74) is 19.0. The minimum atomic E-state index is 0.0324. The molecule has 0 radical (unpaired) electrons. The van der Waals surface area contributed by atoms with Crippen molar-refractivity contribution in [3.8, 4) is 0 Å². The molecule has 18 nitrogen and oxygen atoms in total. The first-order chi connectivity index (χ1) is 10.5. The number of azo groups is 1. The van der Waals surface area contributed by atoms with Crippen LogP contribution in [0, 0.1) is 0 Å². The highest BCUT2D eigenvalue weighted by molar-refractivity contribution is 5.69. The minimum absolute atomic E-state index is 0.0324. The molecule has 0 spiro atoms. The maximum Gasteiger partial charge on any atom is 0.360 e. The molecular formula is C4H14N18. The van der Waals surface area contributed by atoms with Crippen molar-refractivity contribution in [2.45, 2.75) is 0 Å². The Kier molecular flexibility index (Phi) is 8.75. The van der Waals surface area contributed by atoms with E-state index >= 15 is 0 Å². The van der Waals surface area contributed by atoms with E-state index in [1.54, 1.807) is 0 Å². The molecule has 120 valence electrons. The van der Waals surface area contributed by atoms with Gasteiger partial charge >= 0.3 is 11.9 Å². The third-order valence-electron chi connectivity index (χ3n) is 1.18. The summed E-state index contributed by atoms with van der Waals surface area (Å²) in [5, 5.41) is 37.3. The molecule has 0 saturated heterocycles. The highest BCUT2D eigenvalue weighted by Gasteiger charge is 1.79. The number of nitrogens with one attached hydrogen (secondary N) is 2. The summed E-state index contributed by atoms with van der Waals surface area (Å²) >= 11 is 0. The van der Waals surface area contributed by atoms with E-state index in [4.69, 9.17) is 22.9 Å². The average Bonchev–Trinajstić information content (AvgIpc) is 3.19. The summed E-state index contributed by atoms with van der Waals surface area (Å²) < 4.78 is 0. The van der Waals surface area contributed by atoms with Crippen molar-refractivity contribution >= 4 is 23.8 Å². The highest BCUT2D eigenvalue weighted by Crippen LogP contribution is 2.03. The van der Waals surface area contributed by atoms with Crippen molar-refractivity contribution in [1.82, 2.24) is 41.2 Å². The van der Waals surface area contributed by atoms with E-state index in [1.807, 2.05) is 10.2 Å². The molecule has 0 aliphatic heterocycles. The number of tetrazole rings is 2. The number of hydrazone groups is 2. The summed E-state index contributed by atoms with van der Waals surface area (Å²) in [4.78, 5) is 0. The van der Waals surface area contributed by atoms with Crippen LogP contribution in [0.25, 0.3) is 0 Å². The average molecular weight is 314 g/mol. The Labute approximate surface area is 121 Å². The lowest BCUT2D eigenvalue weighted by Crippen LogP contribution is -2.84. The fourth-order valence-electron chi connectivity index (χ4n) is 0.449. The molecule has 2 rings (SSSR count). The van der Waals surface area contributed by atoms with Crippen LogP contribution < -0.4 is 55.0 Å². The quantitative estimate of drug-likeness (QED) is 0.0838. The lowest BCUT2D eigenvalue weighted by Gasteiger charge is -1.91. The first-order valence-corrected chi connectivity index (χ1v) is 4.97. The lowest BCUT2D eigenvalue weighted by molar-refractivity contribution is -0.471. The van der Waals surface area contributed by atoms with Crippen LogP contribution in [0.1, 0.15) is 0 Å². The molecule has 0 atom stereocenters. The molecule has 0 bridgehead atoms. The van der Waals surface area contributed by atoms with Crippen molar-refractivity contribution in [1.29, 1.82) is 0 Å². The Balaban J connectivity index is 0.000000372. The molecule has 0 aliphatic rings. The lowest BCUT2D eigenvalue weighted by atomic mass is 11.1.